The van der Waals surface area contributed by atoms with Crippen LogP contribution in [-0.4, -0.2) is 67.2 Å². The SMILES string of the molecule is Cc1cc(C)c2cc(C(c3nnnn3CCc3ccccc3)N3CCN(C4CCCCC4)CC3)c(=O)[nH]c2c1. The summed E-state index contributed by atoms with van der Waals surface area (Å²) in [6.07, 6.45) is 7.50. The van der Waals surface area contributed by atoms with E-state index < -0.39 is 0 Å². The molecule has 2 fully saturated rings. The Bertz CT molecular complexity index is 1460. The minimum absolute atomic E-state index is 0.0650. The number of aryl methyl sites for hydroxylation is 4. The van der Waals surface area contributed by atoms with Crippen LogP contribution < -0.4 is 5.56 Å². The van der Waals surface area contributed by atoms with Crippen LogP contribution in [0.2, 0.25) is 0 Å². The van der Waals surface area contributed by atoms with Crippen molar-refractivity contribution in [3.63, 3.8) is 0 Å². The molecule has 0 amide bonds. The van der Waals surface area contributed by atoms with E-state index in [1.165, 1.54) is 37.7 Å². The molecule has 1 saturated heterocycles. The minimum Gasteiger partial charge on any atom is -0.322 e. The third-order valence-electron chi connectivity index (χ3n) is 8.70. The number of aromatic amines is 1. The number of fused-ring (bicyclic) bond motifs is 1. The lowest BCUT2D eigenvalue weighted by molar-refractivity contribution is 0.0617. The van der Waals surface area contributed by atoms with Gasteiger partial charge >= 0.3 is 0 Å². The molecule has 2 aliphatic rings. The third-order valence-corrected chi connectivity index (χ3v) is 8.70. The molecule has 0 spiro atoms. The van der Waals surface area contributed by atoms with Gasteiger partial charge in [0.1, 0.15) is 6.04 Å². The molecule has 0 bridgehead atoms. The van der Waals surface area contributed by atoms with Crippen LogP contribution in [0, 0.1) is 13.8 Å². The first kappa shape index (κ1) is 25.9. The normalized spacial score (nSPS) is 18.5. The number of hydrogen-bond donors (Lipinski definition) is 1. The zero-order chi connectivity index (χ0) is 26.8. The fraction of sp³-hybridized carbons (Fsp3) is 0.484. The zero-order valence-electron chi connectivity index (χ0n) is 23.1. The number of tetrazole rings is 1. The van der Waals surface area contributed by atoms with Crippen molar-refractivity contribution in [1.29, 1.82) is 0 Å². The first-order valence-corrected chi connectivity index (χ1v) is 14.5. The number of nitrogens with zero attached hydrogens (tertiary/aromatic N) is 6. The van der Waals surface area contributed by atoms with Gasteiger partial charge in [0.2, 0.25) is 0 Å². The fourth-order valence-electron chi connectivity index (χ4n) is 6.64. The molecule has 2 aromatic heterocycles. The van der Waals surface area contributed by atoms with E-state index in [0.717, 1.165) is 66.0 Å². The van der Waals surface area contributed by atoms with Crippen LogP contribution in [-0.2, 0) is 13.0 Å². The van der Waals surface area contributed by atoms with E-state index >= 15 is 0 Å². The van der Waals surface area contributed by atoms with E-state index in [2.05, 4.69) is 86.6 Å². The van der Waals surface area contributed by atoms with Gasteiger partial charge in [0.05, 0.1) is 0 Å². The number of piperazine rings is 1. The average molecular weight is 526 g/mol. The van der Waals surface area contributed by atoms with E-state index in [-0.39, 0.29) is 11.6 Å². The Labute approximate surface area is 230 Å². The Balaban J connectivity index is 1.35. The van der Waals surface area contributed by atoms with Gasteiger partial charge in [0.15, 0.2) is 5.82 Å². The second-order valence-corrected chi connectivity index (χ2v) is 11.4. The standard InChI is InChI=1S/C31H39N7O/c1-22-19-23(2)26-21-27(31(39)32-28(26)20-22)29(37-17-15-36(16-18-37)25-11-7-4-8-12-25)30-33-34-35-38(30)14-13-24-9-5-3-6-10-24/h3,5-6,9-10,19-21,25,29H,4,7-8,11-18H2,1-2H3,(H,32,39). The number of rotatable bonds is 7. The molecule has 3 heterocycles. The summed E-state index contributed by atoms with van der Waals surface area (Å²) >= 11 is 0. The van der Waals surface area contributed by atoms with Crippen molar-refractivity contribution < 1.29 is 0 Å². The smallest absolute Gasteiger partial charge is 0.253 e. The maximum absolute atomic E-state index is 13.7. The molecular formula is C31H39N7O. The van der Waals surface area contributed by atoms with Crippen molar-refractivity contribution in [3.05, 3.63) is 87.0 Å². The summed E-state index contributed by atoms with van der Waals surface area (Å²) in [6.45, 7) is 8.63. The lowest BCUT2D eigenvalue weighted by Crippen LogP contribution is -2.52. The molecule has 1 unspecified atom stereocenters. The fourth-order valence-corrected chi connectivity index (χ4v) is 6.64. The van der Waals surface area contributed by atoms with E-state index in [0.29, 0.717) is 12.6 Å². The summed E-state index contributed by atoms with van der Waals surface area (Å²) in [4.78, 5) is 21.9. The van der Waals surface area contributed by atoms with Crippen molar-refractivity contribution >= 4 is 10.9 Å². The molecular weight excluding hydrogens is 486 g/mol. The number of hydrogen-bond acceptors (Lipinski definition) is 6. The summed E-state index contributed by atoms with van der Waals surface area (Å²) < 4.78 is 1.90. The Hall–Kier alpha value is -3.36. The second kappa shape index (κ2) is 11.4. The highest BCUT2D eigenvalue weighted by atomic mass is 16.1. The van der Waals surface area contributed by atoms with Crippen molar-refractivity contribution in [1.82, 2.24) is 35.0 Å². The molecule has 1 N–H and O–H groups in total. The van der Waals surface area contributed by atoms with Gasteiger partial charge in [-0.3, -0.25) is 14.6 Å². The highest BCUT2D eigenvalue weighted by Crippen LogP contribution is 2.31. The predicted molar refractivity (Wildman–Crippen MR) is 154 cm³/mol. The first-order chi connectivity index (χ1) is 19.1. The molecule has 1 atom stereocenters. The predicted octanol–water partition coefficient (Wildman–Crippen LogP) is 4.41. The molecule has 6 rings (SSSR count). The second-order valence-electron chi connectivity index (χ2n) is 11.4. The monoisotopic (exact) mass is 525 g/mol. The quantitative estimate of drug-likeness (QED) is 0.385. The van der Waals surface area contributed by atoms with Crippen molar-refractivity contribution in [2.45, 2.75) is 71.0 Å². The van der Waals surface area contributed by atoms with Crippen LogP contribution in [0.1, 0.15) is 66.2 Å². The summed E-state index contributed by atoms with van der Waals surface area (Å²) in [6, 6.07) is 17.1. The number of aromatic nitrogens is 5. The van der Waals surface area contributed by atoms with Gasteiger partial charge in [0, 0.05) is 55.2 Å². The van der Waals surface area contributed by atoms with Crippen LogP contribution >= 0.6 is 0 Å². The third kappa shape index (κ3) is 5.54. The molecule has 1 aliphatic heterocycles. The first-order valence-electron chi connectivity index (χ1n) is 14.5. The molecule has 0 radical (unpaired) electrons. The lowest BCUT2D eigenvalue weighted by atomic mass is 9.93. The van der Waals surface area contributed by atoms with Crippen LogP contribution in [0.5, 0.6) is 0 Å². The van der Waals surface area contributed by atoms with Gasteiger partial charge in [0.25, 0.3) is 5.56 Å². The Morgan fingerprint density at radius 3 is 2.51 bits per heavy atom. The van der Waals surface area contributed by atoms with Gasteiger partial charge in [-0.2, -0.15) is 0 Å². The van der Waals surface area contributed by atoms with Crippen LogP contribution in [0.3, 0.4) is 0 Å². The number of H-pyrrole nitrogens is 1. The van der Waals surface area contributed by atoms with Crippen molar-refractivity contribution in [3.8, 4) is 0 Å². The molecule has 4 aromatic rings. The van der Waals surface area contributed by atoms with Gasteiger partial charge in [-0.15, -0.1) is 5.10 Å². The highest BCUT2D eigenvalue weighted by molar-refractivity contribution is 5.83. The Morgan fingerprint density at radius 1 is 0.974 bits per heavy atom. The van der Waals surface area contributed by atoms with Crippen molar-refractivity contribution in [2.24, 2.45) is 0 Å². The summed E-state index contributed by atoms with van der Waals surface area (Å²) in [7, 11) is 0. The number of pyridine rings is 1. The van der Waals surface area contributed by atoms with Crippen molar-refractivity contribution in [2.75, 3.05) is 26.2 Å². The van der Waals surface area contributed by atoms with Crippen LogP contribution in [0.4, 0.5) is 0 Å². The Morgan fingerprint density at radius 2 is 1.74 bits per heavy atom. The maximum Gasteiger partial charge on any atom is 0.253 e. The lowest BCUT2D eigenvalue weighted by Gasteiger charge is -2.43. The zero-order valence-corrected chi connectivity index (χ0v) is 23.1. The minimum atomic E-state index is -0.307. The van der Waals surface area contributed by atoms with Gasteiger partial charge in [-0.25, -0.2) is 4.68 Å². The topological polar surface area (TPSA) is 82.9 Å². The molecule has 8 heteroatoms. The van der Waals surface area contributed by atoms with Crippen LogP contribution in [0.15, 0.2) is 53.3 Å². The van der Waals surface area contributed by atoms with Crippen LogP contribution in [0.25, 0.3) is 10.9 Å². The average Bonchev–Trinajstić information content (AvgIpc) is 3.42. The molecule has 1 aliphatic carbocycles. The number of benzene rings is 2. The summed E-state index contributed by atoms with van der Waals surface area (Å²) in [5.41, 5.74) is 5.08. The van der Waals surface area contributed by atoms with E-state index in [1.807, 2.05) is 10.7 Å². The molecule has 39 heavy (non-hydrogen) atoms. The van der Waals surface area contributed by atoms with Gasteiger partial charge in [-0.1, -0.05) is 55.7 Å². The summed E-state index contributed by atoms with van der Waals surface area (Å²) in [5, 5.41) is 14.1. The van der Waals surface area contributed by atoms with E-state index in [9.17, 15) is 4.79 Å². The number of nitrogens with one attached hydrogen (secondary N) is 1. The molecule has 1 saturated carbocycles. The van der Waals surface area contributed by atoms with Gasteiger partial charge < -0.3 is 4.98 Å². The largest absolute Gasteiger partial charge is 0.322 e. The Kier molecular flexibility index (Phi) is 7.57. The molecule has 2 aromatic carbocycles. The summed E-state index contributed by atoms with van der Waals surface area (Å²) in [5.74, 6) is 0.742. The maximum atomic E-state index is 13.7. The molecule has 204 valence electrons. The van der Waals surface area contributed by atoms with E-state index in [1.54, 1.807) is 0 Å². The highest BCUT2D eigenvalue weighted by Gasteiger charge is 2.34. The van der Waals surface area contributed by atoms with Gasteiger partial charge in [-0.05, 0) is 72.4 Å². The van der Waals surface area contributed by atoms with E-state index in [4.69, 9.17) is 0 Å². The molecule has 8 nitrogen and oxygen atoms in total.